The van der Waals surface area contributed by atoms with E-state index in [0.717, 1.165) is 32.5 Å². The molecule has 0 rings (SSSR count). The molecule has 1 atom stereocenters. The second-order valence-electron chi connectivity index (χ2n) is 10.3. The minimum Gasteiger partial charge on any atom is -0.450 e. The first-order valence-electron chi connectivity index (χ1n) is 13.6. The minimum atomic E-state index is -1.16. The second-order valence-corrected chi connectivity index (χ2v) is 10.3. The van der Waals surface area contributed by atoms with Crippen molar-refractivity contribution in [2.45, 2.75) is 124 Å². The fourth-order valence-electron chi connectivity index (χ4n) is 4.52. The van der Waals surface area contributed by atoms with E-state index in [9.17, 15) is 4.79 Å². The summed E-state index contributed by atoms with van der Waals surface area (Å²) in [5, 5.41) is 9.15. The summed E-state index contributed by atoms with van der Waals surface area (Å²) in [6.45, 7) is 19.9. The van der Waals surface area contributed by atoms with Crippen LogP contribution in [-0.4, -0.2) is 65.9 Å². The van der Waals surface area contributed by atoms with Gasteiger partial charge in [0.15, 0.2) is 0 Å². The summed E-state index contributed by atoms with van der Waals surface area (Å²) >= 11 is 0. The maximum Gasteiger partial charge on any atom is 0.506 e. The van der Waals surface area contributed by atoms with Crippen molar-refractivity contribution in [3.63, 3.8) is 0 Å². The first-order chi connectivity index (χ1) is 15.3. The van der Waals surface area contributed by atoms with E-state index >= 15 is 0 Å². The fourth-order valence-corrected chi connectivity index (χ4v) is 4.52. The standard InChI is InChI=1S/C27H56N2O3.2ClH/c1-7-11-18-28(19-12-8-2)22-16-15-17-25(23-27(5,6)32-26(30)31)24-29(20-13-9-3)21-14-10-4;;/h25H,7-24H2,1-6H3,(H,30,31);2*1H. The summed E-state index contributed by atoms with van der Waals surface area (Å²) in [5.74, 6) is 0.470. The third kappa shape index (κ3) is 22.2. The molecule has 0 aromatic rings. The molecule has 208 valence electrons. The van der Waals surface area contributed by atoms with Gasteiger partial charge in [0.1, 0.15) is 5.60 Å². The molecule has 0 saturated heterocycles. The molecular weight excluding hydrogens is 471 g/mol. The molecule has 0 fully saturated rings. The zero-order chi connectivity index (χ0) is 24.2. The molecule has 34 heavy (non-hydrogen) atoms. The molecule has 0 aliphatic rings. The van der Waals surface area contributed by atoms with E-state index in [1.807, 2.05) is 13.8 Å². The predicted octanol–water partition coefficient (Wildman–Crippen LogP) is 8.28. The maximum absolute atomic E-state index is 11.2. The maximum atomic E-state index is 11.2. The van der Waals surface area contributed by atoms with Crippen LogP contribution in [0.1, 0.15) is 119 Å². The Morgan fingerprint density at radius 3 is 1.56 bits per heavy atom. The number of hydrogen-bond acceptors (Lipinski definition) is 4. The van der Waals surface area contributed by atoms with Crippen molar-refractivity contribution in [1.82, 2.24) is 9.80 Å². The number of carboxylic acid groups (broad SMARTS) is 1. The van der Waals surface area contributed by atoms with Gasteiger partial charge in [0.2, 0.25) is 0 Å². The number of ether oxygens (including phenoxy) is 1. The van der Waals surface area contributed by atoms with E-state index in [1.165, 1.54) is 83.8 Å². The fraction of sp³-hybridized carbons (Fsp3) is 0.963. The lowest BCUT2D eigenvalue weighted by atomic mass is 9.88. The van der Waals surface area contributed by atoms with Crippen LogP contribution in [0.5, 0.6) is 0 Å². The van der Waals surface area contributed by atoms with Crippen molar-refractivity contribution in [1.29, 1.82) is 0 Å². The summed E-state index contributed by atoms with van der Waals surface area (Å²) in [4.78, 5) is 16.4. The van der Waals surface area contributed by atoms with E-state index in [0.29, 0.717) is 5.92 Å². The van der Waals surface area contributed by atoms with Crippen molar-refractivity contribution in [2.75, 3.05) is 39.3 Å². The number of unbranched alkanes of at least 4 members (excludes halogenated alkanes) is 5. The van der Waals surface area contributed by atoms with E-state index in [1.54, 1.807) is 0 Å². The Hall–Kier alpha value is -0.230. The summed E-state index contributed by atoms with van der Waals surface area (Å²) < 4.78 is 5.24. The SMILES string of the molecule is CCCCN(CCCC)CCCCC(CN(CCCC)CCCC)CC(C)(C)OC(=O)O.Cl.Cl. The second kappa shape index (κ2) is 24.5. The molecule has 1 unspecified atom stereocenters. The van der Waals surface area contributed by atoms with Crippen LogP contribution in [0.4, 0.5) is 4.79 Å². The molecule has 0 spiro atoms. The van der Waals surface area contributed by atoms with Gasteiger partial charge in [-0.15, -0.1) is 24.8 Å². The Morgan fingerprint density at radius 2 is 1.15 bits per heavy atom. The smallest absolute Gasteiger partial charge is 0.450 e. The molecule has 1 N–H and O–H groups in total. The van der Waals surface area contributed by atoms with Crippen molar-refractivity contribution in [3.05, 3.63) is 0 Å². The average Bonchev–Trinajstić information content (AvgIpc) is 2.72. The number of carbonyl (C=O) groups is 1. The predicted molar refractivity (Wildman–Crippen MR) is 152 cm³/mol. The van der Waals surface area contributed by atoms with E-state index < -0.39 is 11.8 Å². The van der Waals surface area contributed by atoms with Gasteiger partial charge in [-0.05, 0) is 97.4 Å². The summed E-state index contributed by atoms with van der Waals surface area (Å²) in [6, 6.07) is 0. The van der Waals surface area contributed by atoms with Gasteiger partial charge in [0, 0.05) is 6.54 Å². The Bertz CT molecular complexity index is 438. The average molecular weight is 530 g/mol. The van der Waals surface area contributed by atoms with Crippen LogP contribution in [0.3, 0.4) is 0 Å². The quantitative estimate of drug-likeness (QED) is 0.113. The van der Waals surface area contributed by atoms with Crippen LogP contribution in [0.25, 0.3) is 0 Å². The molecule has 0 amide bonds. The molecule has 0 bridgehead atoms. The number of nitrogens with zero attached hydrogens (tertiary/aromatic N) is 2. The van der Waals surface area contributed by atoms with Crippen LogP contribution < -0.4 is 0 Å². The van der Waals surface area contributed by atoms with E-state index in [2.05, 4.69) is 37.5 Å². The highest BCUT2D eigenvalue weighted by Crippen LogP contribution is 2.26. The first kappa shape index (κ1) is 38.3. The van der Waals surface area contributed by atoms with Crippen molar-refractivity contribution >= 4 is 31.0 Å². The minimum absolute atomic E-state index is 0. The molecular formula is C27H58Cl2N2O3. The molecule has 7 heteroatoms. The summed E-state index contributed by atoms with van der Waals surface area (Å²) in [7, 11) is 0. The highest BCUT2D eigenvalue weighted by atomic mass is 35.5. The van der Waals surface area contributed by atoms with Gasteiger partial charge < -0.3 is 19.6 Å². The Morgan fingerprint density at radius 1 is 0.735 bits per heavy atom. The molecule has 0 heterocycles. The van der Waals surface area contributed by atoms with Crippen LogP contribution in [-0.2, 0) is 4.74 Å². The third-order valence-electron chi connectivity index (χ3n) is 6.31. The van der Waals surface area contributed by atoms with E-state index in [-0.39, 0.29) is 24.8 Å². The van der Waals surface area contributed by atoms with Crippen LogP contribution in [0.2, 0.25) is 0 Å². The van der Waals surface area contributed by atoms with E-state index in [4.69, 9.17) is 9.84 Å². The lowest BCUT2D eigenvalue weighted by Crippen LogP contribution is -2.37. The Labute approximate surface area is 224 Å². The van der Waals surface area contributed by atoms with Crippen molar-refractivity contribution < 1.29 is 14.6 Å². The summed E-state index contributed by atoms with van der Waals surface area (Å²) in [5.41, 5.74) is -0.633. The largest absolute Gasteiger partial charge is 0.506 e. The number of hydrogen-bond donors (Lipinski definition) is 1. The molecule has 5 nitrogen and oxygen atoms in total. The van der Waals surface area contributed by atoms with Crippen LogP contribution in [0, 0.1) is 5.92 Å². The van der Waals surface area contributed by atoms with Gasteiger partial charge in [-0.1, -0.05) is 59.8 Å². The zero-order valence-corrected chi connectivity index (χ0v) is 24.9. The van der Waals surface area contributed by atoms with Gasteiger partial charge >= 0.3 is 6.16 Å². The lowest BCUT2D eigenvalue weighted by molar-refractivity contribution is -0.0141. The van der Waals surface area contributed by atoms with Gasteiger partial charge in [-0.3, -0.25) is 0 Å². The molecule has 0 aromatic heterocycles. The van der Waals surface area contributed by atoms with Crippen LogP contribution >= 0.6 is 24.8 Å². The Kier molecular flexibility index (Phi) is 27.6. The van der Waals surface area contributed by atoms with Crippen molar-refractivity contribution in [2.24, 2.45) is 5.92 Å². The van der Waals surface area contributed by atoms with Gasteiger partial charge in [-0.2, -0.15) is 0 Å². The molecule has 0 aliphatic carbocycles. The molecule has 0 aliphatic heterocycles. The number of halogens is 2. The summed E-state index contributed by atoms with van der Waals surface area (Å²) in [6.07, 6.45) is 13.2. The van der Waals surface area contributed by atoms with Gasteiger partial charge in [0.25, 0.3) is 0 Å². The molecule has 0 radical (unpaired) electrons. The monoisotopic (exact) mass is 528 g/mol. The molecule has 0 aromatic carbocycles. The lowest BCUT2D eigenvalue weighted by Gasteiger charge is -2.33. The topological polar surface area (TPSA) is 53.0 Å². The highest BCUT2D eigenvalue weighted by molar-refractivity contribution is 5.85. The van der Waals surface area contributed by atoms with Crippen molar-refractivity contribution in [3.8, 4) is 0 Å². The number of rotatable bonds is 22. The highest BCUT2D eigenvalue weighted by Gasteiger charge is 2.28. The molecule has 0 saturated carbocycles. The zero-order valence-electron chi connectivity index (χ0n) is 23.3. The van der Waals surface area contributed by atoms with Gasteiger partial charge in [0.05, 0.1) is 0 Å². The Balaban J connectivity index is -0.00000480. The third-order valence-corrected chi connectivity index (χ3v) is 6.31. The van der Waals surface area contributed by atoms with Crippen LogP contribution in [0.15, 0.2) is 0 Å². The van der Waals surface area contributed by atoms with Gasteiger partial charge in [-0.25, -0.2) is 4.79 Å². The normalized spacial score (nSPS) is 12.4. The first-order valence-corrected chi connectivity index (χ1v) is 13.6.